The number of hydrogen-bond donors (Lipinski definition) is 1. The number of hydrogen-bond acceptors (Lipinski definition) is 4. The molecule has 0 atom stereocenters. The molecular weight excluding hydrogens is 228 g/mol. The van der Waals surface area contributed by atoms with Gasteiger partial charge in [0.25, 0.3) is 0 Å². The van der Waals surface area contributed by atoms with Crippen LogP contribution in [-0.2, 0) is 0 Å². The molecule has 1 aromatic heterocycles. The zero-order valence-corrected chi connectivity index (χ0v) is 10.3. The Morgan fingerprint density at radius 2 is 1.89 bits per heavy atom. The van der Waals surface area contributed by atoms with E-state index in [1.54, 1.807) is 12.1 Å². The third-order valence-electron chi connectivity index (χ3n) is 2.27. The molecule has 0 unspecified atom stereocenters. The number of aromatic nitrogens is 1. The van der Waals surface area contributed by atoms with Crippen molar-refractivity contribution >= 4 is 5.69 Å². The minimum Gasteiger partial charge on any atom is -0.476 e. The summed E-state index contributed by atoms with van der Waals surface area (Å²) in [5.74, 6) is 1.63. The van der Waals surface area contributed by atoms with Crippen molar-refractivity contribution in [3.05, 3.63) is 42.5 Å². The molecule has 18 heavy (non-hydrogen) atoms. The molecule has 4 heteroatoms. The number of pyridine rings is 1. The second kappa shape index (κ2) is 5.91. The average Bonchev–Trinajstić information content (AvgIpc) is 2.40. The van der Waals surface area contributed by atoms with Gasteiger partial charge in [-0.2, -0.15) is 4.98 Å². The maximum atomic E-state index is 5.78. The van der Waals surface area contributed by atoms with Gasteiger partial charge in [0.2, 0.25) is 11.8 Å². The fourth-order valence-electron chi connectivity index (χ4n) is 1.41. The van der Waals surface area contributed by atoms with E-state index in [9.17, 15) is 0 Å². The van der Waals surface area contributed by atoms with Crippen LogP contribution < -0.4 is 15.2 Å². The van der Waals surface area contributed by atoms with E-state index in [2.05, 4.69) is 4.98 Å². The molecule has 4 nitrogen and oxygen atoms in total. The molecule has 0 aliphatic carbocycles. The van der Waals surface area contributed by atoms with Gasteiger partial charge in [-0.1, -0.05) is 25.1 Å². The highest BCUT2D eigenvalue weighted by molar-refractivity contribution is 5.49. The van der Waals surface area contributed by atoms with Gasteiger partial charge in [-0.05, 0) is 24.6 Å². The zero-order valence-electron chi connectivity index (χ0n) is 10.3. The minimum absolute atomic E-state index is 0.422. The topological polar surface area (TPSA) is 57.4 Å². The molecule has 0 amide bonds. The van der Waals surface area contributed by atoms with Crippen LogP contribution in [0.1, 0.15) is 13.3 Å². The lowest BCUT2D eigenvalue weighted by atomic mass is 10.3. The maximum Gasteiger partial charge on any atom is 0.240 e. The Hall–Kier alpha value is -2.23. The summed E-state index contributed by atoms with van der Waals surface area (Å²) in [6, 6.07) is 12.9. The Morgan fingerprint density at radius 1 is 1.11 bits per heavy atom. The molecule has 0 saturated heterocycles. The molecule has 2 aromatic rings. The summed E-state index contributed by atoms with van der Waals surface area (Å²) in [6.45, 7) is 2.62. The fourth-order valence-corrected chi connectivity index (χ4v) is 1.41. The Labute approximate surface area is 106 Å². The van der Waals surface area contributed by atoms with Gasteiger partial charge in [0, 0.05) is 6.07 Å². The van der Waals surface area contributed by atoms with E-state index in [4.69, 9.17) is 15.2 Å². The second-order valence-corrected chi connectivity index (χ2v) is 3.81. The van der Waals surface area contributed by atoms with Gasteiger partial charge in [-0.3, -0.25) is 0 Å². The predicted octanol–water partition coefficient (Wildman–Crippen LogP) is 3.24. The Balaban J connectivity index is 2.14. The second-order valence-electron chi connectivity index (χ2n) is 3.81. The lowest BCUT2D eigenvalue weighted by Crippen LogP contribution is -2.02. The van der Waals surface area contributed by atoms with Crippen molar-refractivity contribution in [2.24, 2.45) is 0 Å². The molecule has 0 saturated carbocycles. The molecular formula is C14H16N2O2. The lowest BCUT2D eigenvalue weighted by molar-refractivity contribution is 0.302. The smallest absolute Gasteiger partial charge is 0.240 e. The maximum absolute atomic E-state index is 5.78. The molecule has 0 spiro atoms. The number of nitrogens with zero attached hydrogens (tertiary/aromatic N) is 1. The van der Waals surface area contributed by atoms with Crippen LogP contribution in [0.2, 0.25) is 0 Å². The molecule has 2 N–H and O–H groups in total. The number of anilines is 1. The molecule has 1 heterocycles. The number of nitrogens with two attached hydrogens (primary N) is 1. The van der Waals surface area contributed by atoms with Crippen molar-refractivity contribution in [1.82, 2.24) is 4.98 Å². The van der Waals surface area contributed by atoms with E-state index < -0.39 is 0 Å². The Bertz CT molecular complexity index is 500. The van der Waals surface area contributed by atoms with Crippen LogP contribution in [0.3, 0.4) is 0 Å². The molecule has 1 aromatic carbocycles. The highest BCUT2D eigenvalue weighted by Crippen LogP contribution is 2.25. The van der Waals surface area contributed by atoms with Crippen LogP contribution >= 0.6 is 0 Å². The van der Waals surface area contributed by atoms with Gasteiger partial charge in [0.1, 0.15) is 5.75 Å². The Morgan fingerprint density at radius 3 is 2.61 bits per heavy atom. The SMILES string of the molecule is CCCOc1nc(Oc2ccccc2)ccc1N. The van der Waals surface area contributed by atoms with E-state index in [0.717, 1.165) is 12.2 Å². The third-order valence-corrected chi connectivity index (χ3v) is 2.27. The number of nitrogen functional groups attached to an aromatic ring is 1. The molecule has 2 rings (SSSR count). The van der Waals surface area contributed by atoms with Crippen LogP contribution in [0, 0.1) is 0 Å². The van der Waals surface area contributed by atoms with Crippen molar-refractivity contribution in [2.45, 2.75) is 13.3 Å². The summed E-state index contributed by atoms with van der Waals surface area (Å²) in [6.07, 6.45) is 0.908. The van der Waals surface area contributed by atoms with Crippen LogP contribution in [-0.4, -0.2) is 11.6 Å². The van der Waals surface area contributed by atoms with Crippen LogP contribution in [0.25, 0.3) is 0 Å². The number of benzene rings is 1. The monoisotopic (exact) mass is 244 g/mol. The highest BCUT2D eigenvalue weighted by atomic mass is 16.5. The summed E-state index contributed by atoms with van der Waals surface area (Å²) >= 11 is 0. The number of rotatable bonds is 5. The summed E-state index contributed by atoms with van der Waals surface area (Å²) in [7, 11) is 0. The van der Waals surface area contributed by atoms with Crippen molar-refractivity contribution in [3.63, 3.8) is 0 Å². The predicted molar refractivity (Wildman–Crippen MR) is 71.0 cm³/mol. The molecule has 0 aliphatic rings. The van der Waals surface area contributed by atoms with Gasteiger partial charge in [-0.15, -0.1) is 0 Å². The van der Waals surface area contributed by atoms with E-state index >= 15 is 0 Å². The van der Waals surface area contributed by atoms with Gasteiger partial charge in [-0.25, -0.2) is 0 Å². The van der Waals surface area contributed by atoms with Crippen LogP contribution in [0.4, 0.5) is 5.69 Å². The average molecular weight is 244 g/mol. The first-order valence-electron chi connectivity index (χ1n) is 5.92. The first kappa shape index (κ1) is 12.2. The van der Waals surface area contributed by atoms with Gasteiger partial charge >= 0.3 is 0 Å². The largest absolute Gasteiger partial charge is 0.476 e. The van der Waals surface area contributed by atoms with E-state index in [0.29, 0.717) is 24.1 Å². The van der Waals surface area contributed by atoms with Crippen molar-refractivity contribution < 1.29 is 9.47 Å². The fraction of sp³-hybridized carbons (Fsp3) is 0.214. The Kier molecular flexibility index (Phi) is 4.02. The molecule has 0 radical (unpaired) electrons. The van der Waals surface area contributed by atoms with Crippen LogP contribution in [0.5, 0.6) is 17.5 Å². The summed E-state index contributed by atoms with van der Waals surface area (Å²) in [5, 5.41) is 0. The highest BCUT2D eigenvalue weighted by Gasteiger charge is 2.05. The lowest BCUT2D eigenvalue weighted by Gasteiger charge is -2.09. The normalized spacial score (nSPS) is 10.1. The summed E-state index contributed by atoms with van der Waals surface area (Å²) in [4.78, 5) is 4.24. The standard InChI is InChI=1S/C14H16N2O2/c1-2-10-17-14-12(15)8-9-13(16-14)18-11-6-4-3-5-7-11/h3-9H,2,10,15H2,1H3. The molecule has 94 valence electrons. The van der Waals surface area contributed by atoms with Gasteiger partial charge in [0.05, 0.1) is 12.3 Å². The molecule has 0 bridgehead atoms. The van der Waals surface area contributed by atoms with Gasteiger partial charge < -0.3 is 15.2 Å². The summed E-state index contributed by atoms with van der Waals surface area (Å²) < 4.78 is 11.1. The third kappa shape index (κ3) is 3.13. The van der Waals surface area contributed by atoms with Crippen molar-refractivity contribution in [3.8, 4) is 17.5 Å². The quantitative estimate of drug-likeness (QED) is 0.877. The van der Waals surface area contributed by atoms with Crippen molar-refractivity contribution in [1.29, 1.82) is 0 Å². The molecule has 0 aliphatic heterocycles. The number of ether oxygens (including phenoxy) is 2. The minimum atomic E-state index is 0.422. The van der Waals surface area contributed by atoms with Gasteiger partial charge in [0.15, 0.2) is 0 Å². The van der Waals surface area contributed by atoms with E-state index in [1.165, 1.54) is 0 Å². The first-order chi connectivity index (χ1) is 8.79. The number of para-hydroxylation sites is 1. The van der Waals surface area contributed by atoms with Crippen LogP contribution in [0.15, 0.2) is 42.5 Å². The van der Waals surface area contributed by atoms with E-state index in [-0.39, 0.29) is 0 Å². The van der Waals surface area contributed by atoms with E-state index in [1.807, 2.05) is 37.3 Å². The zero-order chi connectivity index (χ0) is 12.8. The molecule has 0 fully saturated rings. The summed E-state index contributed by atoms with van der Waals surface area (Å²) in [5.41, 5.74) is 6.30. The first-order valence-corrected chi connectivity index (χ1v) is 5.92. The van der Waals surface area contributed by atoms with Crippen molar-refractivity contribution in [2.75, 3.05) is 12.3 Å².